The van der Waals surface area contributed by atoms with E-state index in [4.69, 9.17) is 89.9 Å². The maximum atomic E-state index is 13.9. The van der Waals surface area contributed by atoms with E-state index in [2.05, 4.69) is 24.9 Å². The second-order valence-corrected chi connectivity index (χ2v) is 36.0. The van der Waals surface area contributed by atoms with E-state index in [1.807, 2.05) is 66.7 Å². The van der Waals surface area contributed by atoms with Gasteiger partial charge in [0.2, 0.25) is 92.9 Å². The fourth-order valence-electron chi connectivity index (χ4n) is 21.6. The number of para-hydroxylation sites is 5. The number of fused-ring (bicyclic) bond motifs is 25. The van der Waals surface area contributed by atoms with Crippen molar-refractivity contribution in [3.8, 4) is 57.5 Å². The topological polar surface area (TPSA) is 374 Å². The largest absolute Gasteiger partial charge is 0.454 e. The van der Waals surface area contributed by atoms with Crippen LogP contribution in [-0.4, -0.2) is 265 Å². The van der Waals surface area contributed by atoms with Crippen molar-refractivity contribution in [2.24, 2.45) is 0 Å². The number of carbonyl (C=O) groups is 10. The van der Waals surface area contributed by atoms with Crippen LogP contribution < -0.4 is 47.4 Å². The molecule has 5 fully saturated rings. The van der Waals surface area contributed by atoms with E-state index >= 15 is 0 Å². The number of ether oxygens (including phenoxy) is 10. The first-order valence-electron chi connectivity index (χ1n) is 62.0. The van der Waals surface area contributed by atoms with Gasteiger partial charge in [0.15, 0.2) is 57.5 Å². The molecule has 145 heavy (non-hydrogen) atoms. The second-order valence-electron chi connectivity index (χ2n) is 36.0. The number of aromatic nitrogens is 5. The molecule has 0 bridgehead atoms. The maximum Gasteiger partial charge on any atom is 0.245 e. The minimum atomic E-state index is -3.45. The van der Waals surface area contributed by atoms with Gasteiger partial charge in [0, 0.05) is 158 Å². The van der Waals surface area contributed by atoms with E-state index in [0.717, 1.165) is 54.8 Å². The number of rotatable bonds is 5. The molecule has 10 amide bonds. The first-order chi connectivity index (χ1) is 83.5. The molecule has 15 aliphatic rings. The number of carbonyl (C=O) groups excluding carboxylic acids is 10. The number of nitrogens with zero attached hydrogens (tertiary/aromatic N) is 10. The van der Waals surface area contributed by atoms with Gasteiger partial charge in [0.1, 0.15) is 38.3 Å². The Labute approximate surface area is 873 Å². The highest BCUT2D eigenvalue weighted by Gasteiger charge is 2.55. The van der Waals surface area contributed by atoms with E-state index < -0.39 is 251 Å². The SMILES string of the molecule is [2H]C1([2H])Oc2ccc(C3c4[nH]c5ccccc5c4C[C@]4([2H])C(=O)N(C)CC(=O)N34)cc2O1.[2H][C@]12Cc3c([nH]c4ccccc34)C(c3ccc4c(c3)OCO4)N1C(=O)CN(C)C2=O.[2H]c1c([2H])c(C2c3[nH]c4c([2H])c([2H])c([2H])c([2H])c4c3C[C@@H]3C(=O)N(C([2H])([2H])[2H])C([2H])([2H])C(=O)N23)c([2H])c2c1OC([2H])([2H])O2.[2H]c1c([2H])c([2H])c2c3c([nH]c2c1[2H])C(c1ccc2c(c1)OC([2H])([2H])O2)N1C(=O)CN(C([2H])([2H])[2H])C(=O)[C@@]1([2H])C3.[2H]c1c([2H])c([2H])c2c3c([nH]c2c1[2H])C(c1ccc2c(c1)OCO2)N1C(=O)CN(C)C(=O)[C@@]1([2H])C3. The number of H-pyrrole nitrogens is 5. The van der Waals surface area contributed by atoms with Crippen molar-refractivity contribution in [2.45, 2.75) is 92.4 Å². The van der Waals surface area contributed by atoms with Gasteiger partial charge in [-0.05, 0) is 147 Å². The van der Waals surface area contributed by atoms with Crippen molar-refractivity contribution in [1.82, 2.24) is 73.9 Å². The normalized spacial score (nSPS) is 29.7. The highest BCUT2D eigenvalue weighted by Crippen LogP contribution is 2.53. The smallest absolute Gasteiger partial charge is 0.245 e. The highest BCUT2D eigenvalue weighted by atomic mass is 16.7. The summed E-state index contributed by atoms with van der Waals surface area (Å²) in [5.74, 6) is -5.71. The molecule has 15 aliphatic heterocycles. The summed E-state index contributed by atoms with van der Waals surface area (Å²) in [5, 5.41) is 2.02. The summed E-state index contributed by atoms with van der Waals surface area (Å²) < 4.78 is 324. The van der Waals surface area contributed by atoms with Crippen molar-refractivity contribution < 1.29 is 141 Å². The van der Waals surface area contributed by atoms with Gasteiger partial charge in [-0.3, -0.25) is 47.9 Å². The maximum absolute atomic E-state index is 13.9. The zero-order valence-corrected chi connectivity index (χ0v) is 75.9. The van der Waals surface area contributed by atoms with E-state index in [9.17, 15) is 50.7 Å². The standard InChI is InChI=1S/5C22H19N3O4/c5*1-24-10-19(26)25-16(22(24)27)9-14-13-4-2-3-5-15(13)23-20(14)21(25)12-6-7-17-18(8-12)29-11-28-17/h5*2-8,16,21,23H,9-11H2,1H3/t5*16-,21?/m11111/s1/i1D3,2D,3D,4D,5D,6D,7D,8D,10D2,11D2;1D3,2D,3D,4D,5D,11D2,16D;2D,3D,4D,5D,16D;11D2,16D;16D. The molecule has 35 nitrogen and oxygen atoms in total. The summed E-state index contributed by atoms with van der Waals surface area (Å²) >= 11 is 0. The van der Waals surface area contributed by atoms with Crippen LogP contribution in [-0.2, 0) is 80.0 Å². The molecular formula is C110H95N15O20. The number of likely N-dealkylation sites (N-methyl/N-ethyl adjacent to an activating group) is 5. The minimum absolute atomic E-state index is 0.00380. The summed E-state index contributed by atoms with van der Waals surface area (Å²) in [5.41, 5.74) is 7.85. The van der Waals surface area contributed by atoms with Crippen molar-refractivity contribution >= 4 is 114 Å². The van der Waals surface area contributed by atoms with Gasteiger partial charge in [0.25, 0.3) is 0 Å². The van der Waals surface area contributed by atoms with Crippen molar-refractivity contribution in [2.75, 3.05) is 102 Å². The third kappa shape index (κ3) is 14.2. The number of hydrogen-bond donors (Lipinski definition) is 5. The van der Waals surface area contributed by atoms with Crippen LogP contribution in [0.5, 0.6) is 57.5 Å². The van der Waals surface area contributed by atoms with Crippen LogP contribution in [0, 0.1) is 0 Å². The lowest BCUT2D eigenvalue weighted by molar-refractivity contribution is -0.157. The van der Waals surface area contributed by atoms with Crippen LogP contribution >= 0.6 is 0 Å². The quantitative estimate of drug-likeness (QED) is 0.107. The average molecular weight is 1980 g/mol. The number of hydrogen-bond acceptors (Lipinski definition) is 20. The zero-order valence-electron chi connectivity index (χ0n) is 109. The minimum Gasteiger partial charge on any atom is -0.454 e. The molecule has 30 rings (SSSR count). The molecule has 0 aliphatic carbocycles. The Morgan fingerprint density at radius 3 is 1.02 bits per heavy atom. The molecule has 730 valence electrons. The fraction of sp³-hybridized carbons (Fsp3) is 0.273. The van der Waals surface area contributed by atoms with E-state index in [0.29, 0.717) is 55.2 Å². The molecular weight excluding hydrogens is 1850 g/mol. The summed E-state index contributed by atoms with van der Waals surface area (Å²) in [7, 11) is 4.59. The molecule has 20 heterocycles. The summed E-state index contributed by atoms with van der Waals surface area (Å²) in [6, 6.07) is 12.4. The van der Waals surface area contributed by atoms with Crippen molar-refractivity contribution in [3.63, 3.8) is 0 Å². The van der Waals surface area contributed by atoms with Crippen LogP contribution in [0.1, 0.15) is 160 Å². The van der Waals surface area contributed by atoms with Crippen LogP contribution in [0.4, 0.5) is 0 Å². The summed E-state index contributed by atoms with van der Waals surface area (Å²) in [6.07, 6.45) is -1.05. The number of amides is 10. The monoisotopic (exact) mass is 1980 g/mol. The molecule has 5 unspecified atom stereocenters. The Morgan fingerprint density at radius 1 is 0.297 bits per heavy atom. The Balaban J connectivity index is 0.000000108. The zero-order chi connectivity index (χ0) is 127. The first kappa shape index (κ1) is 59.4. The number of benzene rings is 10. The third-order valence-electron chi connectivity index (χ3n) is 28.0. The van der Waals surface area contributed by atoms with Gasteiger partial charge in [-0.25, -0.2) is 0 Å². The summed E-state index contributed by atoms with van der Waals surface area (Å²) in [6.45, 7) is -18.4. The predicted octanol–water partition coefficient (Wildman–Crippen LogP) is 11.1. The Hall–Kier alpha value is -17.4. The first-order valence-corrected chi connectivity index (χ1v) is 45.5. The number of aromatic amines is 5. The van der Waals surface area contributed by atoms with E-state index in [-0.39, 0.29) is 177 Å². The molecule has 10 aromatic carbocycles. The lowest BCUT2D eigenvalue weighted by Gasteiger charge is -2.46. The van der Waals surface area contributed by atoms with Crippen LogP contribution in [0.3, 0.4) is 0 Å². The van der Waals surface area contributed by atoms with Gasteiger partial charge < -0.3 is 121 Å². The van der Waals surface area contributed by atoms with Gasteiger partial charge in [-0.15, -0.1) is 0 Å². The molecule has 5 N–H and O–H groups in total. The molecule has 35 heteroatoms. The van der Waals surface area contributed by atoms with Gasteiger partial charge in [-0.2, -0.15) is 0 Å². The van der Waals surface area contributed by atoms with E-state index in [1.165, 1.54) is 61.7 Å². The third-order valence-corrected chi connectivity index (χ3v) is 28.0. The molecule has 0 spiro atoms. The Bertz CT molecular complexity index is 9990. The van der Waals surface area contributed by atoms with Gasteiger partial charge in [-0.1, -0.05) is 121 Å². The number of nitrogens with one attached hydrogen (secondary N) is 5. The van der Waals surface area contributed by atoms with Crippen LogP contribution in [0.15, 0.2) is 212 Å². The molecule has 5 aromatic heterocycles. The average Bonchev–Trinajstić information content (AvgIpc) is 1.47. The van der Waals surface area contributed by atoms with Crippen LogP contribution in [0.2, 0.25) is 0 Å². The summed E-state index contributed by atoms with van der Waals surface area (Å²) in [4.78, 5) is 159. The second kappa shape index (κ2) is 33.9. The molecule has 0 saturated carbocycles. The Morgan fingerprint density at radius 2 is 0.614 bits per heavy atom. The predicted molar refractivity (Wildman–Crippen MR) is 523 cm³/mol. The lowest BCUT2D eigenvalue weighted by Crippen LogP contribution is -2.62. The fourth-order valence-corrected chi connectivity index (χ4v) is 21.6. The highest BCUT2D eigenvalue weighted by molar-refractivity contribution is 6.03. The van der Waals surface area contributed by atoms with Crippen LogP contribution in [0.25, 0.3) is 54.5 Å². The van der Waals surface area contributed by atoms with Crippen molar-refractivity contribution in [1.29, 1.82) is 0 Å². The van der Waals surface area contributed by atoms with E-state index in [1.54, 1.807) is 43.4 Å². The lowest BCUT2D eigenvalue weighted by atomic mass is 9.86. The molecule has 15 aromatic rings. The molecule has 0 radical (unpaired) electrons. The van der Waals surface area contributed by atoms with Gasteiger partial charge >= 0.3 is 0 Å². The Kier molecular flexibility index (Phi) is 13.9. The molecule has 5 saturated heterocycles. The van der Waals surface area contributed by atoms with Gasteiger partial charge in [0.05, 0.1) is 91.7 Å². The number of piperazine rings is 5. The van der Waals surface area contributed by atoms with Crippen molar-refractivity contribution in [3.05, 3.63) is 296 Å². The molecule has 10 atom stereocenters.